The molecule has 2 unspecified atom stereocenters. The molecule has 0 bridgehead atoms. The number of benzene rings is 2. The number of likely N-dealkylation sites (tertiary alicyclic amines) is 1. The number of nitrogens with one attached hydrogen (secondary N) is 2. The standard InChI is InChI=1S/C41H48N5O7PS/c1-3-19-52-38(47)20-27(2)44-54(51,53-33-11-5-4-6-12-33)26-28-14-17-36-30(21-28)22-37(55-36)39(48)43-34-13-7-10-32-15-16-35(46(32)40(34)49)41(50)45-24-31(25-45)29-9-8-18-42-23-29/h4-6,8-9,11-12,14,17-18,21-23,27,31-32,34-35H,3,7,10,13,15-16,19-20,24-26H2,1-2H3,(H,43,48)(H,44,51)/t27?,32-,34-,35-,54?/m0/s1. The molecule has 3 saturated heterocycles. The number of amides is 3. The van der Waals surface area contributed by atoms with Gasteiger partial charge in [0.15, 0.2) is 0 Å². The molecule has 0 saturated carbocycles. The Morgan fingerprint density at radius 3 is 2.60 bits per heavy atom. The first-order chi connectivity index (χ1) is 26.6. The lowest BCUT2D eigenvalue weighted by Crippen LogP contribution is -2.58. The number of nitrogens with zero attached hydrogens (tertiary/aromatic N) is 3. The SMILES string of the molecule is CCCOC(=O)CC(C)NP(=O)(Cc1ccc2sc(C(=O)N[C@H]3CCC[C@H]4CC[C@@H](C(=O)N5CC(c6cccnc6)C5)N4C3=O)cc2c1)Oc1ccccc1. The van der Waals surface area contributed by atoms with Crippen LogP contribution in [-0.2, 0) is 29.8 Å². The van der Waals surface area contributed by atoms with Crippen LogP contribution in [-0.4, -0.2) is 82.3 Å². The average molecular weight is 786 g/mol. The lowest BCUT2D eigenvalue weighted by molar-refractivity contribution is -0.148. The molecule has 2 N–H and O–H groups in total. The van der Waals surface area contributed by atoms with Gasteiger partial charge in [-0.3, -0.25) is 28.7 Å². The Morgan fingerprint density at radius 2 is 1.84 bits per heavy atom. The van der Waals surface area contributed by atoms with Gasteiger partial charge in [0, 0.05) is 48.2 Å². The van der Waals surface area contributed by atoms with Gasteiger partial charge >= 0.3 is 13.5 Å². The highest BCUT2D eigenvalue weighted by molar-refractivity contribution is 7.56. The van der Waals surface area contributed by atoms with E-state index in [0.717, 1.165) is 40.5 Å². The number of ether oxygens (including phenoxy) is 1. The van der Waals surface area contributed by atoms with Crippen LogP contribution in [0.3, 0.4) is 0 Å². The van der Waals surface area contributed by atoms with Gasteiger partial charge in [0.25, 0.3) is 5.91 Å². The molecule has 55 heavy (non-hydrogen) atoms. The van der Waals surface area contributed by atoms with Crippen molar-refractivity contribution in [1.82, 2.24) is 25.2 Å². The molecule has 290 valence electrons. The highest BCUT2D eigenvalue weighted by Gasteiger charge is 2.47. The van der Waals surface area contributed by atoms with Crippen LogP contribution in [0.25, 0.3) is 10.1 Å². The lowest BCUT2D eigenvalue weighted by atomic mass is 9.92. The smallest absolute Gasteiger partial charge is 0.321 e. The van der Waals surface area contributed by atoms with E-state index < -0.39 is 25.6 Å². The molecule has 3 amide bonds. The normalized spacial score (nSPS) is 21.6. The minimum absolute atomic E-state index is 0.00398. The summed E-state index contributed by atoms with van der Waals surface area (Å²) in [6, 6.07) is 18.6. The molecule has 12 nitrogen and oxygen atoms in total. The van der Waals surface area contributed by atoms with Gasteiger partial charge in [-0.2, -0.15) is 0 Å². The van der Waals surface area contributed by atoms with Crippen LogP contribution < -0.4 is 14.9 Å². The molecule has 2 aromatic carbocycles. The molecule has 5 heterocycles. The topological polar surface area (TPSA) is 147 Å². The molecule has 4 aromatic rings. The monoisotopic (exact) mass is 785 g/mol. The van der Waals surface area contributed by atoms with Crippen LogP contribution in [0.4, 0.5) is 0 Å². The van der Waals surface area contributed by atoms with E-state index in [2.05, 4.69) is 15.4 Å². The fraction of sp³-hybridized carbons (Fsp3) is 0.439. The molecule has 2 aromatic heterocycles. The number of thiophene rings is 1. The molecule has 3 aliphatic rings. The zero-order chi connectivity index (χ0) is 38.5. The van der Waals surface area contributed by atoms with E-state index in [9.17, 15) is 23.7 Å². The van der Waals surface area contributed by atoms with Crippen molar-refractivity contribution in [3.63, 3.8) is 0 Å². The maximum atomic E-state index is 14.4. The lowest BCUT2D eigenvalue weighted by Gasteiger charge is -2.42. The zero-order valence-corrected chi connectivity index (χ0v) is 32.9. The van der Waals surface area contributed by atoms with Crippen molar-refractivity contribution in [1.29, 1.82) is 0 Å². The summed E-state index contributed by atoms with van der Waals surface area (Å²) in [6.45, 7) is 5.25. The van der Waals surface area contributed by atoms with Crippen molar-refractivity contribution in [2.45, 2.75) is 95.0 Å². The van der Waals surface area contributed by atoms with Crippen LogP contribution in [0.15, 0.2) is 79.1 Å². The molecule has 0 radical (unpaired) electrons. The first kappa shape index (κ1) is 38.7. The molecule has 3 aliphatic heterocycles. The third kappa shape index (κ3) is 9.11. The van der Waals surface area contributed by atoms with Gasteiger partial charge in [-0.25, -0.2) is 5.09 Å². The minimum atomic E-state index is -3.58. The molecule has 3 fully saturated rings. The van der Waals surface area contributed by atoms with Crippen molar-refractivity contribution < 1.29 is 33.0 Å². The highest BCUT2D eigenvalue weighted by atomic mass is 32.1. The Kier molecular flexibility index (Phi) is 12.0. The summed E-state index contributed by atoms with van der Waals surface area (Å²) >= 11 is 1.32. The fourth-order valence-electron chi connectivity index (χ4n) is 7.87. The summed E-state index contributed by atoms with van der Waals surface area (Å²) < 4.78 is 26.5. The maximum Gasteiger partial charge on any atom is 0.321 e. The van der Waals surface area contributed by atoms with E-state index in [4.69, 9.17) is 9.26 Å². The molecular formula is C41H48N5O7PS. The molecule has 0 aliphatic carbocycles. The van der Waals surface area contributed by atoms with Crippen molar-refractivity contribution >= 4 is 52.6 Å². The second-order valence-corrected chi connectivity index (χ2v) is 18.0. The largest absolute Gasteiger partial charge is 0.466 e. The van der Waals surface area contributed by atoms with Gasteiger partial charge in [0.05, 0.1) is 24.1 Å². The third-order valence-corrected chi connectivity index (χ3v) is 13.8. The summed E-state index contributed by atoms with van der Waals surface area (Å²) in [5.74, 6) is -0.227. The van der Waals surface area contributed by atoms with Crippen molar-refractivity contribution in [2.24, 2.45) is 0 Å². The number of hydrogen-bond donors (Lipinski definition) is 2. The minimum Gasteiger partial charge on any atom is -0.466 e. The van der Waals surface area contributed by atoms with E-state index in [1.807, 2.05) is 54.4 Å². The van der Waals surface area contributed by atoms with E-state index in [-0.39, 0.29) is 48.2 Å². The number of pyridine rings is 1. The zero-order valence-electron chi connectivity index (χ0n) is 31.2. The summed E-state index contributed by atoms with van der Waals surface area (Å²) in [4.78, 5) is 62.0. The summed E-state index contributed by atoms with van der Waals surface area (Å²) in [7, 11) is -3.58. The Labute approximate surface area is 325 Å². The Morgan fingerprint density at radius 1 is 1.02 bits per heavy atom. The number of carbonyl (C=O) groups is 4. The predicted octanol–water partition coefficient (Wildman–Crippen LogP) is 6.66. The molecular weight excluding hydrogens is 738 g/mol. The van der Waals surface area contributed by atoms with Crippen molar-refractivity contribution in [3.8, 4) is 5.75 Å². The van der Waals surface area contributed by atoms with Gasteiger partial charge < -0.3 is 24.4 Å². The van der Waals surface area contributed by atoms with Crippen LogP contribution in [0, 0.1) is 0 Å². The van der Waals surface area contributed by atoms with Crippen LogP contribution >= 0.6 is 18.9 Å². The summed E-state index contributed by atoms with van der Waals surface area (Å²) in [5, 5.41) is 6.89. The molecule has 0 spiro atoms. The van der Waals surface area contributed by atoms with E-state index in [0.29, 0.717) is 49.6 Å². The van der Waals surface area contributed by atoms with Gasteiger partial charge in [-0.15, -0.1) is 11.3 Å². The predicted molar refractivity (Wildman–Crippen MR) is 211 cm³/mol. The van der Waals surface area contributed by atoms with Gasteiger partial charge in [-0.1, -0.05) is 37.3 Å². The van der Waals surface area contributed by atoms with Gasteiger partial charge in [0.2, 0.25) is 11.8 Å². The van der Waals surface area contributed by atoms with Crippen molar-refractivity contribution in [2.75, 3.05) is 19.7 Å². The first-order valence-electron chi connectivity index (χ1n) is 19.2. The Bertz CT molecular complexity index is 2060. The van der Waals surface area contributed by atoms with E-state index in [1.165, 1.54) is 11.3 Å². The number of rotatable bonds is 14. The van der Waals surface area contributed by atoms with Crippen LogP contribution in [0.5, 0.6) is 5.75 Å². The maximum absolute atomic E-state index is 14.4. The fourth-order valence-corrected chi connectivity index (χ4v) is 10.9. The van der Waals surface area contributed by atoms with E-state index >= 15 is 0 Å². The number of para-hydroxylation sites is 1. The summed E-state index contributed by atoms with van der Waals surface area (Å²) in [6.07, 6.45) is 7.88. The van der Waals surface area contributed by atoms with Crippen LogP contribution in [0.1, 0.15) is 85.5 Å². The number of hydrogen-bond acceptors (Lipinski definition) is 9. The Hall–Kier alpha value is -4.58. The third-order valence-electron chi connectivity index (χ3n) is 10.6. The number of carbonyl (C=O) groups excluding carboxylic acids is 4. The second kappa shape index (κ2) is 17.1. The average Bonchev–Trinajstić information content (AvgIpc) is 3.74. The molecule has 5 atom stereocenters. The summed E-state index contributed by atoms with van der Waals surface area (Å²) in [5.41, 5.74) is 1.84. The quantitative estimate of drug-likeness (QED) is 0.106. The first-order valence-corrected chi connectivity index (χ1v) is 21.8. The van der Waals surface area contributed by atoms with Crippen LogP contribution in [0.2, 0.25) is 0 Å². The highest BCUT2D eigenvalue weighted by Crippen LogP contribution is 2.48. The van der Waals surface area contributed by atoms with Gasteiger partial charge in [0.1, 0.15) is 17.8 Å². The number of aromatic nitrogens is 1. The molecule has 7 rings (SSSR count). The number of fused-ring (bicyclic) bond motifs is 2. The van der Waals surface area contributed by atoms with Crippen molar-refractivity contribution in [3.05, 3.63) is 95.1 Å². The van der Waals surface area contributed by atoms with E-state index in [1.54, 1.807) is 48.4 Å². The van der Waals surface area contributed by atoms with Gasteiger partial charge in [-0.05, 0) is 98.4 Å². The molecule has 14 heteroatoms. The second-order valence-electron chi connectivity index (χ2n) is 14.8. The number of esters is 1. The Balaban J connectivity index is 1.01.